The summed E-state index contributed by atoms with van der Waals surface area (Å²) in [7, 11) is 0. The van der Waals surface area contributed by atoms with Gasteiger partial charge in [-0.2, -0.15) is 13.2 Å². The van der Waals surface area contributed by atoms with Crippen molar-refractivity contribution in [2.45, 2.75) is 18.6 Å². The molecule has 1 aromatic heterocycles. The summed E-state index contributed by atoms with van der Waals surface area (Å²) in [5.41, 5.74) is 2.41. The van der Waals surface area contributed by atoms with Gasteiger partial charge in [-0.3, -0.25) is 4.90 Å². The van der Waals surface area contributed by atoms with Gasteiger partial charge in [0.1, 0.15) is 5.82 Å². The predicted octanol–water partition coefficient (Wildman–Crippen LogP) is 3.16. The SMILES string of the molecule is Cl.FC(F)(F)c1cnc(Nc2ccc3c(c2)CCN2CCNC[C@@H]32)cn1. The van der Waals surface area contributed by atoms with Crippen LogP contribution < -0.4 is 10.6 Å². The molecule has 0 saturated carbocycles. The number of rotatable bonds is 2. The number of fused-ring (bicyclic) bond motifs is 3. The molecule has 5 nitrogen and oxygen atoms in total. The van der Waals surface area contributed by atoms with E-state index >= 15 is 0 Å². The Hall–Kier alpha value is -1.90. The number of benzene rings is 1. The van der Waals surface area contributed by atoms with E-state index in [9.17, 15) is 13.2 Å². The van der Waals surface area contributed by atoms with Crippen LogP contribution in [0.25, 0.3) is 0 Å². The van der Waals surface area contributed by atoms with Crippen molar-refractivity contribution in [2.24, 2.45) is 0 Å². The van der Waals surface area contributed by atoms with Gasteiger partial charge >= 0.3 is 6.18 Å². The summed E-state index contributed by atoms with van der Waals surface area (Å²) in [6, 6.07) is 6.49. The number of piperazine rings is 1. The Morgan fingerprint density at radius 2 is 2.00 bits per heavy atom. The van der Waals surface area contributed by atoms with Gasteiger partial charge in [0.05, 0.1) is 12.4 Å². The summed E-state index contributed by atoms with van der Waals surface area (Å²) in [5.74, 6) is 0.296. The predicted molar refractivity (Wildman–Crippen MR) is 94.9 cm³/mol. The number of hydrogen-bond donors (Lipinski definition) is 2. The van der Waals surface area contributed by atoms with Crippen molar-refractivity contribution in [3.63, 3.8) is 0 Å². The minimum absolute atomic E-state index is 0. The first kappa shape index (κ1) is 18.9. The van der Waals surface area contributed by atoms with Crippen molar-refractivity contribution in [1.82, 2.24) is 20.2 Å². The first-order valence-corrected chi connectivity index (χ1v) is 8.24. The fourth-order valence-electron chi connectivity index (χ4n) is 3.50. The van der Waals surface area contributed by atoms with Gasteiger partial charge < -0.3 is 10.6 Å². The first-order chi connectivity index (χ1) is 12.0. The van der Waals surface area contributed by atoms with Crippen LogP contribution in [0.3, 0.4) is 0 Å². The van der Waals surface area contributed by atoms with Gasteiger partial charge in [0.15, 0.2) is 5.69 Å². The number of hydrogen-bond acceptors (Lipinski definition) is 5. The van der Waals surface area contributed by atoms with Crippen LogP contribution in [-0.4, -0.2) is 41.0 Å². The third-order valence-corrected chi connectivity index (χ3v) is 4.74. The maximum atomic E-state index is 12.5. The smallest absolute Gasteiger partial charge is 0.339 e. The van der Waals surface area contributed by atoms with Crippen molar-refractivity contribution >= 4 is 23.9 Å². The zero-order chi connectivity index (χ0) is 17.4. The Morgan fingerprint density at radius 1 is 1.15 bits per heavy atom. The van der Waals surface area contributed by atoms with E-state index in [1.807, 2.05) is 6.07 Å². The largest absolute Gasteiger partial charge is 0.434 e. The van der Waals surface area contributed by atoms with Crippen LogP contribution >= 0.6 is 12.4 Å². The molecule has 1 fully saturated rings. The molecule has 0 radical (unpaired) electrons. The van der Waals surface area contributed by atoms with E-state index in [2.05, 4.69) is 37.6 Å². The van der Waals surface area contributed by atoms with Gasteiger partial charge in [-0.15, -0.1) is 12.4 Å². The highest BCUT2D eigenvalue weighted by molar-refractivity contribution is 5.85. The maximum Gasteiger partial charge on any atom is 0.434 e. The van der Waals surface area contributed by atoms with Gasteiger partial charge in [-0.25, -0.2) is 9.97 Å². The van der Waals surface area contributed by atoms with E-state index in [0.717, 1.165) is 50.7 Å². The molecule has 2 aliphatic rings. The van der Waals surface area contributed by atoms with Gasteiger partial charge in [-0.1, -0.05) is 6.07 Å². The molecule has 2 N–H and O–H groups in total. The molecule has 1 aromatic carbocycles. The van der Waals surface area contributed by atoms with Crippen LogP contribution in [0.5, 0.6) is 0 Å². The van der Waals surface area contributed by atoms with Crippen molar-refractivity contribution in [3.05, 3.63) is 47.4 Å². The lowest BCUT2D eigenvalue weighted by atomic mass is 9.91. The quantitative estimate of drug-likeness (QED) is 0.831. The van der Waals surface area contributed by atoms with Crippen molar-refractivity contribution in [1.29, 1.82) is 0 Å². The molecule has 2 aromatic rings. The van der Waals surface area contributed by atoms with Crippen LogP contribution in [0.2, 0.25) is 0 Å². The fraction of sp³-hybridized carbons (Fsp3) is 0.412. The third-order valence-electron chi connectivity index (χ3n) is 4.74. The minimum Gasteiger partial charge on any atom is -0.339 e. The zero-order valence-electron chi connectivity index (χ0n) is 13.9. The molecule has 1 atom stereocenters. The Labute approximate surface area is 155 Å². The number of aromatic nitrogens is 2. The second-order valence-electron chi connectivity index (χ2n) is 6.33. The molecule has 140 valence electrons. The van der Waals surface area contributed by atoms with Crippen LogP contribution in [-0.2, 0) is 12.6 Å². The number of halogens is 4. The summed E-state index contributed by atoms with van der Waals surface area (Å²) in [4.78, 5) is 9.72. The topological polar surface area (TPSA) is 53.1 Å². The molecule has 0 unspecified atom stereocenters. The second-order valence-corrected chi connectivity index (χ2v) is 6.33. The summed E-state index contributed by atoms with van der Waals surface area (Å²) in [6.07, 6.45) is -1.65. The fourth-order valence-corrected chi connectivity index (χ4v) is 3.50. The van der Waals surface area contributed by atoms with Crippen molar-refractivity contribution < 1.29 is 13.2 Å². The number of alkyl halides is 3. The normalized spacial score (nSPS) is 19.9. The first-order valence-electron chi connectivity index (χ1n) is 8.24. The van der Waals surface area contributed by atoms with Crippen LogP contribution in [0.15, 0.2) is 30.6 Å². The standard InChI is InChI=1S/C17H18F3N5.ClH/c18-17(19,20)15-9-23-16(10-22-15)24-12-1-2-13-11(7-12)3-5-25-6-4-21-8-14(13)25;/h1-2,7,9-10,14,21H,3-6,8H2,(H,23,24);1H/t14-;/m0./s1. The van der Waals surface area contributed by atoms with Crippen molar-refractivity contribution in [3.8, 4) is 0 Å². The Balaban J connectivity index is 0.00000196. The minimum atomic E-state index is -4.47. The Morgan fingerprint density at radius 3 is 2.73 bits per heavy atom. The van der Waals surface area contributed by atoms with E-state index in [1.54, 1.807) is 0 Å². The molecule has 3 heterocycles. The highest BCUT2D eigenvalue weighted by Gasteiger charge is 2.33. The van der Waals surface area contributed by atoms with Crippen LogP contribution in [0.4, 0.5) is 24.7 Å². The van der Waals surface area contributed by atoms with Gasteiger partial charge in [0, 0.05) is 37.9 Å². The number of nitrogens with zero attached hydrogens (tertiary/aromatic N) is 3. The molecular weight excluding hydrogens is 367 g/mol. The zero-order valence-corrected chi connectivity index (χ0v) is 14.7. The second kappa shape index (κ2) is 7.38. The van der Waals surface area contributed by atoms with E-state index < -0.39 is 11.9 Å². The summed E-state index contributed by atoms with van der Waals surface area (Å²) < 4.78 is 37.6. The highest BCUT2D eigenvalue weighted by atomic mass is 35.5. The molecule has 9 heteroatoms. The molecule has 26 heavy (non-hydrogen) atoms. The van der Waals surface area contributed by atoms with Gasteiger partial charge in [0.25, 0.3) is 0 Å². The summed E-state index contributed by atoms with van der Waals surface area (Å²) in [6.45, 7) is 4.07. The van der Waals surface area contributed by atoms with E-state index in [0.29, 0.717) is 11.9 Å². The Bertz CT molecular complexity index is 766. The van der Waals surface area contributed by atoms with E-state index in [-0.39, 0.29) is 12.4 Å². The lowest BCUT2D eigenvalue weighted by molar-refractivity contribution is -0.141. The van der Waals surface area contributed by atoms with Gasteiger partial charge in [0.2, 0.25) is 0 Å². The van der Waals surface area contributed by atoms with E-state index in [4.69, 9.17) is 0 Å². The summed E-state index contributed by atoms with van der Waals surface area (Å²) >= 11 is 0. The molecule has 0 aliphatic carbocycles. The van der Waals surface area contributed by atoms with Crippen molar-refractivity contribution in [2.75, 3.05) is 31.5 Å². The lowest BCUT2D eigenvalue weighted by Gasteiger charge is -2.41. The summed E-state index contributed by atoms with van der Waals surface area (Å²) in [5, 5.41) is 6.46. The molecule has 0 bridgehead atoms. The molecular formula is C17H19ClF3N5. The Kier molecular flexibility index (Phi) is 5.36. The third kappa shape index (κ3) is 3.77. The van der Waals surface area contributed by atoms with Crippen LogP contribution in [0, 0.1) is 0 Å². The van der Waals surface area contributed by atoms with Gasteiger partial charge in [-0.05, 0) is 29.7 Å². The average Bonchev–Trinajstić information content (AvgIpc) is 2.61. The highest BCUT2D eigenvalue weighted by Crippen LogP contribution is 2.33. The number of anilines is 2. The molecule has 2 aliphatic heterocycles. The monoisotopic (exact) mass is 385 g/mol. The lowest BCUT2D eigenvalue weighted by Crippen LogP contribution is -2.48. The molecule has 4 rings (SSSR count). The molecule has 1 saturated heterocycles. The van der Waals surface area contributed by atoms with E-state index in [1.165, 1.54) is 11.1 Å². The van der Waals surface area contributed by atoms with Crippen LogP contribution in [0.1, 0.15) is 22.9 Å². The molecule has 0 amide bonds. The maximum absolute atomic E-state index is 12.5. The average molecular weight is 386 g/mol. The number of nitrogens with one attached hydrogen (secondary N) is 2. The molecule has 0 spiro atoms.